The number of piperidine rings is 1. The fourth-order valence-electron chi connectivity index (χ4n) is 3.35. The lowest BCUT2D eigenvalue weighted by Gasteiger charge is -2.48. The van der Waals surface area contributed by atoms with Crippen LogP contribution in [0.2, 0.25) is 0 Å². The molecule has 2 aliphatic rings. The number of aromatic nitrogens is 2. The van der Waals surface area contributed by atoms with Crippen LogP contribution in [0.4, 0.5) is 5.82 Å². The van der Waals surface area contributed by atoms with Crippen molar-refractivity contribution in [1.82, 2.24) is 15.3 Å². The Morgan fingerprint density at radius 2 is 2.32 bits per heavy atom. The van der Waals surface area contributed by atoms with Crippen molar-refractivity contribution in [3.05, 3.63) is 17.8 Å². The number of anilines is 1. The van der Waals surface area contributed by atoms with E-state index in [0.29, 0.717) is 11.6 Å². The van der Waals surface area contributed by atoms with E-state index in [1.54, 1.807) is 17.7 Å². The maximum atomic E-state index is 4.43. The Bertz CT molecular complexity index is 590. The summed E-state index contributed by atoms with van der Waals surface area (Å²) in [5.41, 5.74) is 1.48. The molecule has 19 heavy (non-hydrogen) atoms. The van der Waals surface area contributed by atoms with Crippen LogP contribution in [0.1, 0.15) is 32.1 Å². The molecular formula is C14H18N4S. The Hall–Kier alpha value is -1.20. The van der Waals surface area contributed by atoms with E-state index in [-0.39, 0.29) is 0 Å². The van der Waals surface area contributed by atoms with Crippen molar-refractivity contribution < 1.29 is 0 Å². The molecule has 0 bridgehead atoms. The van der Waals surface area contributed by atoms with E-state index in [4.69, 9.17) is 0 Å². The summed E-state index contributed by atoms with van der Waals surface area (Å²) in [6.07, 6.45) is 8.12. The summed E-state index contributed by atoms with van der Waals surface area (Å²) in [6, 6.07) is 2.60. The normalized spacial score (nSPS) is 25.4. The van der Waals surface area contributed by atoms with Crippen molar-refractivity contribution in [2.24, 2.45) is 0 Å². The van der Waals surface area contributed by atoms with Gasteiger partial charge >= 0.3 is 0 Å². The van der Waals surface area contributed by atoms with Gasteiger partial charge in [0.1, 0.15) is 12.1 Å². The zero-order valence-corrected chi connectivity index (χ0v) is 11.7. The highest BCUT2D eigenvalue weighted by atomic mass is 32.1. The molecule has 100 valence electrons. The van der Waals surface area contributed by atoms with Crippen molar-refractivity contribution >= 4 is 27.4 Å². The van der Waals surface area contributed by atoms with Gasteiger partial charge in [-0.3, -0.25) is 0 Å². The summed E-state index contributed by atoms with van der Waals surface area (Å²) in [6.45, 7) is 1.12. The summed E-state index contributed by atoms with van der Waals surface area (Å²) in [7, 11) is 0. The second-order valence-corrected chi connectivity index (χ2v) is 6.67. The zero-order chi connectivity index (χ0) is 12.7. The molecule has 4 rings (SSSR count). The third-order valence-corrected chi connectivity index (χ3v) is 5.43. The third-order valence-electron chi connectivity index (χ3n) is 4.52. The first-order valence-electron chi connectivity index (χ1n) is 7.04. The second kappa shape index (κ2) is 4.42. The number of nitrogens with one attached hydrogen (secondary N) is 2. The van der Waals surface area contributed by atoms with E-state index in [0.717, 1.165) is 17.9 Å². The predicted molar refractivity (Wildman–Crippen MR) is 78.6 cm³/mol. The minimum atomic E-state index is 0.428. The van der Waals surface area contributed by atoms with E-state index in [1.165, 1.54) is 36.8 Å². The minimum absolute atomic E-state index is 0.428. The average molecular weight is 274 g/mol. The third kappa shape index (κ3) is 2.01. The van der Waals surface area contributed by atoms with Crippen LogP contribution < -0.4 is 10.6 Å². The van der Waals surface area contributed by atoms with E-state index in [1.807, 2.05) is 0 Å². The van der Waals surface area contributed by atoms with Gasteiger partial charge in [0.25, 0.3) is 0 Å². The van der Waals surface area contributed by atoms with Gasteiger partial charge in [0, 0.05) is 11.6 Å². The highest BCUT2D eigenvalue weighted by molar-refractivity contribution is 7.17. The van der Waals surface area contributed by atoms with Crippen molar-refractivity contribution in [3.63, 3.8) is 0 Å². The van der Waals surface area contributed by atoms with Crippen molar-refractivity contribution in [1.29, 1.82) is 0 Å². The lowest BCUT2D eigenvalue weighted by atomic mass is 9.70. The summed E-state index contributed by atoms with van der Waals surface area (Å²) < 4.78 is 1.18. The molecule has 1 aliphatic carbocycles. The fourth-order valence-corrected chi connectivity index (χ4v) is 4.15. The molecule has 2 N–H and O–H groups in total. The van der Waals surface area contributed by atoms with Gasteiger partial charge in [-0.25, -0.2) is 9.97 Å². The summed E-state index contributed by atoms with van der Waals surface area (Å²) in [4.78, 5) is 8.73. The molecular weight excluding hydrogens is 256 g/mol. The highest BCUT2D eigenvalue weighted by Crippen LogP contribution is 2.39. The number of nitrogens with zero attached hydrogens (tertiary/aromatic N) is 2. The molecule has 2 aromatic heterocycles. The first-order chi connectivity index (χ1) is 9.35. The molecule has 1 atom stereocenters. The van der Waals surface area contributed by atoms with E-state index in [2.05, 4.69) is 32.0 Å². The van der Waals surface area contributed by atoms with E-state index >= 15 is 0 Å². The van der Waals surface area contributed by atoms with Crippen LogP contribution in [-0.4, -0.2) is 28.1 Å². The summed E-state index contributed by atoms with van der Waals surface area (Å²) in [5, 5.41) is 9.45. The van der Waals surface area contributed by atoms with Gasteiger partial charge in [0.2, 0.25) is 0 Å². The van der Waals surface area contributed by atoms with Gasteiger partial charge in [-0.1, -0.05) is 0 Å². The van der Waals surface area contributed by atoms with Gasteiger partial charge in [-0.2, -0.15) is 0 Å². The molecule has 2 aromatic rings. The molecule has 1 unspecified atom stereocenters. The van der Waals surface area contributed by atoms with Gasteiger partial charge in [0.05, 0.1) is 10.2 Å². The van der Waals surface area contributed by atoms with Crippen LogP contribution in [0.15, 0.2) is 17.8 Å². The first kappa shape index (κ1) is 11.6. The van der Waals surface area contributed by atoms with Crippen molar-refractivity contribution in [2.75, 3.05) is 11.9 Å². The Kier molecular flexibility index (Phi) is 2.70. The number of rotatable bonds is 2. The average Bonchev–Trinajstić information content (AvgIpc) is 2.87. The van der Waals surface area contributed by atoms with Gasteiger partial charge in [0.15, 0.2) is 0 Å². The smallest absolute Gasteiger partial charge is 0.147 e. The largest absolute Gasteiger partial charge is 0.366 e. The van der Waals surface area contributed by atoms with E-state index < -0.39 is 0 Å². The van der Waals surface area contributed by atoms with Crippen LogP contribution in [0.25, 0.3) is 10.2 Å². The molecule has 3 heterocycles. The molecule has 0 radical (unpaired) electrons. The zero-order valence-electron chi connectivity index (χ0n) is 10.9. The summed E-state index contributed by atoms with van der Waals surface area (Å²) >= 11 is 1.72. The Labute approximate surface area is 116 Å². The van der Waals surface area contributed by atoms with Crippen LogP contribution in [0, 0.1) is 0 Å². The lowest BCUT2D eigenvalue weighted by molar-refractivity contribution is 0.135. The van der Waals surface area contributed by atoms with Gasteiger partial charge in [-0.15, -0.1) is 11.3 Å². The standard InChI is InChI=1S/C14H18N4S/c1-4-14(5-1)8-10(2-6-17-14)18-13-12-11(3-7-19-12)15-9-16-13/h3,7,9-10,17H,1-2,4-6,8H2,(H,15,16,18). The maximum Gasteiger partial charge on any atom is 0.147 e. The maximum absolute atomic E-state index is 4.43. The molecule has 0 aromatic carbocycles. The molecule has 5 heteroatoms. The molecule has 1 saturated carbocycles. The molecule has 0 amide bonds. The molecule has 1 saturated heterocycles. The SMILES string of the molecule is c1nc(NC2CCNC3(CCC3)C2)c2sccc2n1. The fraction of sp³-hybridized carbons (Fsp3) is 0.571. The number of thiophene rings is 1. The minimum Gasteiger partial charge on any atom is -0.366 e. The second-order valence-electron chi connectivity index (χ2n) is 5.75. The highest BCUT2D eigenvalue weighted by Gasteiger charge is 2.40. The van der Waals surface area contributed by atoms with Crippen LogP contribution in [0.3, 0.4) is 0 Å². The Balaban J connectivity index is 1.56. The Morgan fingerprint density at radius 1 is 1.37 bits per heavy atom. The van der Waals surface area contributed by atoms with Gasteiger partial charge in [-0.05, 0) is 50.1 Å². The topological polar surface area (TPSA) is 49.8 Å². The van der Waals surface area contributed by atoms with E-state index in [9.17, 15) is 0 Å². The Morgan fingerprint density at radius 3 is 3.16 bits per heavy atom. The van der Waals surface area contributed by atoms with Crippen LogP contribution in [-0.2, 0) is 0 Å². The lowest BCUT2D eigenvalue weighted by Crippen LogP contribution is -2.58. The van der Waals surface area contributed by atoms with Crippen molar-refractivity contribution in [3.8, 4) is 0 Å². The molecule has 1 spiro atoms. The molecule has 4 nitrogen and oxygen atoms in total. The number of fused-ring (bicyclic) bond motifs is 1. The number of hydrogen-bond donors (Lipinski definition) is 2. The number of hydrogen-bond acceptors (Lipinski definition) is 5. The quantitative estimate of drug-likeness (QED) is 0.884. The molecule has 2 fully saturated rings. The van der Waals surface area contributed by atoms with Crippen molar-refractivity contribution in [2.45, 2.75) is 43.7 Å². The monoisotopic (exact) mass is 274 g/mol. The van der Waals surface area contributed by atoms with Crippen LogP contribution in [0.5, 0.6) is 0 Å². The summed E-state index contributed by atoms with van der Waals surface area (Å²) in [5.74, 6) is 1.02. The van der Waals surface area contributed by atoms with Crippen LogP contribution >= 0.6 is 11.3 Å². The predicted octanol–water partition coefficient (Wildman–Crippen LogP) is 2.78. The first-order valence-corrected chi connectivity index (χ1v) is 7.92. The van der Waals surface area contributed by atoms with Gasteiger partial charge < -0.3 is 10.6 Å². The molecule has 1 aliphatic heterocycles.